The van der Waals surface area contributed by atoms with Gasteiger partial charge in [0.15, 0.2) is 0 Å². The van der Waals surface area contributed by atoms with Crippen molar-refractivity contribution >= 4 is 43.7 Å². The summed E-state index contributed by atoms with van der Waals surface area (Å²) >= 11 is 6.51. The summed E-state index contributed by atoms with van der Waals surface area (Å²) in [5.41, 5.74) is 0.147. The Morgan fingerprint density at radius 3 is 2.30 bits per heavy atom. The topological polar surface area (TPSA) is 75.6 Å². The van der Waals surface area contributed by atoms with E-state index in [9.17, 15) is 9.59 Å². The van der Waals surface area contributed by atoms with Crippen molar-refractivity contribution in [2.75, 3.05) is 6.61 Å². The Morgan fingerprint density at radius 1 is 1.30 bits per heavy atom. The molecule has 1 aromatic rings. The second kappa shape index (κ2) is 7.64. The van der Waals surface area contributed by atoms with Crippen LogP contribution in [0.3, 0.4) is 0 Å². The number of hydrogen-bond acceptors (Lipinski definition) is 3. The normalized spacial score (nSPS) is 10.4. The number of hydrogen-bond donors (Lipinski definition) is 2. The summed E-state index contributed by atoms with van der Waals surface area (Å²) < 4.78 is 6.55. The summed E-state index contributed by atoms with van der Waals surface area (Å²) in [5.74, 6) is -0.629. The van der Waals surface area contributed by atoms with E-state index in [-0.39, 0.29) is 30.5 Å². The molecule has 0 unspecified atom stereocenters. The molecule has 0 aliphatic carbocycles. The predicted octanol–water partition coefficient (Wildman–Crippen LogP) is 3.20. The zero-order chi connectivity index (χ0) is 15.3. The highest BCUT2D eigenvalue weighted by molar-refractivity contribution is 9.11. The largest absolute Gasteiger partial charge is 0.491 e. The van der Waals surface area contributed by atoms with E-state index in [1.807, 2.05) is 13.8 Å². The molecule has 0 saturated heterocycles. The van der Waals surface area contributed by atoms with Gasteiger partial charge in [0.1, 0.15) is 5.75 Å². The van der Waals surface area contributed by atoms with E-state index in [0.717, 1.165) is 0 Å². The summed E-state index contributed by atoms with van der Waals surface area (Å²) in [6.07, 6.45) is 0.234. The lowest BCUT2D eigenvalue weighted by atomic mass is 10.2. The van der Waals surface area contributed by atoms with Crippen LogP contribution in [0.15, 0.2) is 21.1 Å². The fraction of sp³-hybridized carbons (Fsp3) is 0.385. The Morgan fingerprint density at radius 2 is 1.85 bits per heavy atom. The number of nitrogens with one attached hydrogen (secondary N) is 1. The number of halogens is 2. The van der Waals surface area contributed by atoms with Gasteiger partial charge in [0.2, 0.25) is 5.91 Å². The van der Waals surface area contributed by atoms with E-state index in [2.05, 4.69) is 37.2 Å². The summed E-state index contributed by atoms with van der Waals surface area (Å²) in [7, 11) is 0. The minimum Gasteiger partial charge on any atom is -0.491 e. The van der Waals surface area contributed by atoms with E-state index < -0.39 is 5.97 Å². The number of aromatic carboxylic acids is 1. The smallest absolute Gasteiger partial charge is 0.335 e. The van der Waals surface area contributed by atoms with Crippen LogP contribution in [0.1, 0.15) is 30.6 Å². The van der Waals surface area contributed by atoms with Crippen LogP contribution >= 0.6 is 31.9 Å². The minimum absolute atomic E-state index is 0.0885. The van der Waals surface area contributed by atoms with Gasteiger partial charge >= 0.3 is 5.97 Å². The number of carbonyl (C=O) groups excluding carboxylic acids is 1. The van der Waals surface area contributed by atoms with Crippen LogP contribution in [-0.4, -0.2) is 29.6 Å². The number of benzene rings is 1. The van der Waals surface area contributed by atoms with Crippen LogP contribution in [0.5, 0.6) is 5.75 Å². The Labute approximate surface area is 134 Å². The summed E-state index contributed by atoms with van der Waals surface area (Å²) in [6, 6.07) is 3.00. The molecule has 5 nitrogen and oxygen atoms in total. The van der Waals surface area contributed by atoms with Crippen molar-refractivity contribution in [1.29, 1.82) is 0 Å². The maximum absolute atomic E-state index is 11.5. The Hall–Kier alpha value is -1.08. The van der Waals surface area contributed by atoms with Gasteiger partial charge in [-0.3, -0.25) is 4.79 Å². The molecule has 0 bridgehead atoms. The summed E-state index contributed by atoms with van der Waals surface area (Å²) in [4.78, 5) is 22.4. The Bertz CT molecular complexity index is 494. The number of carboxylic acid groups (broad SMARTS) is 1. The van der Waals surface area contributed by atoms with Crippen LogP contribution in [0.4, 0.5) is 0 Å². The van der Waals surface area contributed by atoms with Crippen LogP contribution in [-0.2, 0) is 4.79 Å². The highest BCUT2D eigenvalue weighted by Gasteiger charge is 2.13. The van der Waals surface area contributed by atoms with E-state index in [4.69, 9.17) is 9.84 Å². The molecular formula is C13H15Br2NO4. The molecular weight excluding hydrogens is 394 g/mol. The molecule has 0 aliphatic heterocycles. The standard InChI is InChI=1S/C13H15Br2NO4/c1-7(2)16-11(17)3-4-20-12-9(14)5-8(13(18)19)6-10(12)15/h5-7H,3-4H2,1-2H3,(H,16,17)(H,18,19). The molecule has 2 N–H and O–H groups in total. The number of carbonyl (C=O) groups is 2. The molecule has 0 saturated carbocycles. The van der Waals surface area contributed by atoms with Crippen LogP contribution in [0, 0.1) is 0 Å². The van der Waals surface area contributed by atoms with Crippen LogP contribution < -0.4 is 10.1 Å². The number of ether oxygens (including phenoxy) is 1. The third kappa shape index (κ3) is 5.13. The molecule has 0 radical (unpaired) electrons. The Balaban J connectivity index is 2.65. The zero-order valence-electron chi connectivity index (χ0n) is 11.1. The highest BCUT2D eigenvalue weighted by Crippen LogP contribution is 2.34. The van der Waals surface area contributed by atoms with E-state index in [1.165, 1.54) is 12.1 Å². The first kappa shape index (κ1) is 17.0. The van der Waals surface area contributed by atoms with Gasteiger partial charge < -0.3 is 15.2 Å². The van der Waals surface area contributed by atoms with Crippen molar-refractivity contribution in [1.82, 2.24) is 5.32 Å². The fourth-order valence-electron chi connectivity index (χ4n) is 1.46. The molecule has 7 heteroatoms. The molecule has 0 aromatic heterocycles. The molecule has 1 aromatic carbocycles. The van der Waals surface area contributed by atoms with Gasteiger partial charge in [-0.1, -0.05) is 0 Å². The highest BCUT2D eigenvalue weighted by atomic mass is 79.9. The van der Waals surface area contributed by atoms with Crippen molar-refractivity contribution in [2.45, 2.75) is 26.3 Å². The molecule has 1 amide bonds. The minimum atomic E-state index is -1.02. The first-order valence-electron chi connectivity index (χ1n) is 5.95. The van der Waals surface area contributed by atoms with Gasteiger partial charge in [-0.05, 0) is 57.8 Å². The van der Waals surface area contributed by atoms with E-state index >= 15 is 0 Å². The molecule has 0 fully saturated rings. The number of amides is 1. The van der Waals surface area contributed by atoms with Crippen molar-refractivity contribution in [3.05, 3.63) is 26.6 Å². The van der Waals surface area contributed by atoms with Crippen LogP contribution in [0.25, 0.3) is 0 Å². The fourth-order valence-corrected chi connectivity index (χ4v) is 2.88. The molecule has 0 spiro atoms. The van der Waals surface area contributed by atoms with Gasteiger partial charge in [0.25, 0.3) is 0 Å². The van der Waals surface area contributed by atoms with Crippen LogP contribution in [0.2, 0.25) is 0 Å². The molecule has 20 heavy (non-hydrogen) atoms. The van der Waals surface area contributed by atoms with Crippen molar-refractivity contribution in [3.63, 3.8) is 0 Å². The quantitative estimate of drug-likeness (QED) is 0.757. The van der Waals surface area contributed by atoms with Gasteiger partial charge in [-0.15, -0.1) is 0 Å². The third-order valence-corrected chi connectivity index (χ3v) is 3.45. The monoisotopic (exact) mass is 407 g/mol. The molecule has 0 atom stereocenters. The lowest BCUT2D eigenvalue weighted by Gasteiger charge is -2.12. The molecule has 0 heterocycles. The van der Waals surface area contributed by atoms with E-state index in [1.54, 1.807) is 0 Å². The second-order valence-corrected chi connectivity index (χ2v) is 6.10. The molecule has 1 rings (SSSR count). The molecule has 110 valence electrons. The maximum atomic E-state index is 11.5. The average Bonchev–Trinajstić information content (AvgIpc) is 2.31. The SMILES string of the molecule is CC(C)NC(=O)CCOc1c(Br)cc(C(=O)O)cc1Br. The summed E-state index contributed by atoms with van der Waals surface area (Å²) in [5, 5.41) is 11.7. The van der Waals surface area contributed by atoms with Crippen molar-refractivity contribution in [3.8, 4) is 5.75 Å². The van der Waals surface area contributed by atoms with Gasteiger partial charge in [0.05, 0.1) is 27.5 Å². The van der Waals surface area contributed by atoms with Gasteiger partial charge in [0, 0.05) is 6.04 Å². The van der Waals surface area contributed by atoms with Crippen molar-refractivity contribution in [2.24, 2.45) is 0 Å². The Kier molecular flexibility index (Phi) is 6.48. The van der Waals surface area contributed by atoms with Gasteiger partial charge in [-0.25, -0.2) is 4.79 Å². The first-order chi connectivity index (χ1) is 9.31. The molecule has 0 aliphatic rings. The summed E-state index contributed by atoms with van der Waals surface area (Å²) in [6.45, 7) is 3.98. The number of rotatable bonds is 6. The third-order valence-electron chi connectivity index (χ3n) is 2.27. The van der Waals surface area contributed by atoms with Crippen molar-refractivity contribution < 1.29 is 19.4 Å². The maximum Gasteiger partial charge on any atom is 0.335 e. The second-order valence-electron chi connectivity index (χ2n) is 4.39. The average molecular weight is 409 g/mol. The zero-order valence-corrected chi connectivity index (χ0v) is 14.2. The lowest BCUT2D eigenvalue weighted by molar-refractivity contribution is -0.122. The van der Waals surface area contributed by atoms with E-state index in [0.29, 0.717) is 14.7 Å². The van der Waals surface area contributed by atoms with Gasteiger partial charge in [-0.2, -0.15) is 0 Å². The number of carboxylic acids is 1. The lowest BCUT2D eigenvalue weighted by Crippen LogP contribution is -2.31. The first-order valence-corrected chi connectivity index (χ1v) is 7.54. The predicted molar refractivity (Wildman–Crippen MR) is 82.2 cm³/mol.